The Morgan fingerprint density at radius 3 is 2.85 bits per heavy atom. The number of fused-ring (bicyclic) bond motifs is 1. The molecule has 2 heterocycles. The van der Waals surface area contributed by atoms with Gasteiger partial charge in [-0.25, -0.2) is 0 Å². The molecule has 0 aliphatic heterocycles. The number of nitrogens with zero attached hydrogens (tertiary/aromatic N) is 4. The maximum atomic E-state index is 9.77. The first kappa shape index (κ1) is 12.3. The zero-order valence-corrected chi connectivity index (χ0v) is 12.9. The van der Waals surface area contributed by atoms with Gasteiger partial charge in [0.1, 0.15) is 10.8 Å². The van der Waals surface area contributed by atoms with Gasteiger partial charge < -0.3 is 5.11 Å². The fraction of sp³-hybridized carbons (Fsp3) is 0.308. The maximum Gasteiger partial charge on any atom is 0.234 e. The summed E-state index contributed by atoms with van der Waals surface area (Å²) in [6, 6.07) is 5.46. The molecule has 0 radical (unpaired) electrons. The molecule has 0 spiro atoms. The van der Waals surface area contributed by atoms with Crippen LogP contribution in [0.3, 0.4) is 0 Å². The second kappa shape index (κ2) is 4.53. The highest BCUT2D eigenvalue weighted by Crippen LogP contribution is 2.37. The Hall–Kier alpha value is -1.47. The topological polar surface area (TPSA) is 63.3 Å². The van der Waals surface area contributed by atoms with Gasteiger partial charge in [-0.1, -0.05) is 23.8 Å². The molecule has 1 aliphatic rings. The number of benzene rings is 1. The fourth-order valence-electron chi connectivity index (χ4n) is 2.32. The molecule has 5 nitrogen and oxygen atoms in total. The van der Waals surface area contributed by atoms with Crippen molar-refractivity contribution >= 4 is 32.2 Å². The molecule has 0 amide bonds. The summed E-state index contributed by atoms with van der Waals surface area (Å²) in [5, 5.41) is 23.7. The van der Waals surface area contributed by atoms with E-state index in [1.165, 1.54) is 30.6 Å². The molecule has 1 aliphatic carbocycles. The van der Waals surface area contributed by atoms with Crippen molar-refractivity contribution in [3.8, 4) is 16.3 Å². The normalized spacial score (nSPS) is 15.7. The third kappa shape index (κ3) is 1.84. The molecule has 20 heavy (non-hydrogen) atoms. The summed E-state index contributed by atoms with van der Waals surface area (Å²) in [4.78, 5) is 0.810. The van der Waals surface area contributed by atoms with Crippen LogP contribution in [0.15, 0.2) is 22.7 Å². The van der Waals surface area contributed by atoms with E-state index >= 15 is 0 Å². The van der Waals surface area contributed by atoms with Gasteiger partial charge in [-0.05, 0) is 40.9 Å². The predicted molar refractivity (Wildman–Crippen MR) is 80.1 cm³/mol. The lowest BCUT2D eigenvalue weighted by Gasteiger charge is -2.22. The molecule has 1 saturated carbocycles. The van der Waals surface area contributed by atoms with Crippen LogP contribution in [0, 0.1) is 0 Å². The van der Waals surface area contributed by atoms with Crippen molar-refractivity contribution in [2.24, 2.45) is 0 Å². The highest BCUT2D eigenvalue weighted by atomic mass is 79.9. The molecule has 1 N–H and O–H groups in total. The largest absolute Gasteiger partial charge is 0.507 e. The number of rotatable bonds is 2. The molecule has 0 unspecified atom stereocenters. The summed E-state index contributed by atoms with van der Waals surface area (Å²) in [5.41, 5.74) is 0.890. The average Bonchev–Trinajstić information content (AvgIpc) is 2.93. The highest BCUT2D eigenvalue weighted by molar-refractivity contribution is 9.10. The van der Waals surface area contributed by atoms with Crippen molar-refractivity contribution in [1.29, 1.82) is 0 Å². The van der Waals surface area contributed by atoms with E-state index in [9.17, 15) is 5.11 Å². The zero-order valence-electron chi connectivity index (χ0n) is 10.5. The summed E-state index contributed by atoms with van der Waals surface area (Å²) >= 11 is 4.77. The van der Waals surface area contributed by atoms with Crippen LogP contribution in [0.5, 0.6) is 5.75 Å². The van der Waals surface area contributed by atoms with Gasteiger partial charge in [0.2, 0.25) is 4.96 Å². The molecular formula is C13H11BrN4OS. The molecule has 0 saturated heterocycles. The molecular weight excluding hydrogens is 340 g/mol. The van der Waals surface area contributed by atoms with Crippen LogP contribution < -0.4 is 0 Å². The van der Waals surface area contributed by atoms with Crippen LogP contribution in [0.1, 0.15) is 31.0 Å². The SMILES string of the molecule is Oc1cc(-c2nn3c(C4CCC4)nnc3s2)ccc1Br. The maximum absolute atomic E-state index is 9.77. The van der Waals surface area contributed by atoms with Crippen LogP contribution in [0.25, 0.3) is 15.5 Å². The van der Waals surface area contributed by atoms with Crippen molar-refractivity contribution in [3.63, 3.8) is 0 Å². The summed E-state index contributed by atoms with van der Waals surface area (Å²) < 4.78 is 2.53. The van der Waals surface area contributed by atoms with Crippen LogP contribution in [0.2, 0.25) is 0 Å². The molecule has 2 aromatic heterocycles. The monoisotopic (exact) mass is 350 g/mol. The lowest BCUT2D eigenvalue weighted by Crippen LogP contribution is -2.12. The highest BCUT2D eigenvalue weighted by Gasteiger charge is 2.26. The fourth-order valence-corrected chi connectivity index (χ4v) is 3.40. The number of aromatic hydroxyl groups is 1. The van der Waals surface area contributed by atoms with E-state index in [0.717, 1.165) is 21.4 Å². The van der Waals surface area contributed by atoms with E-state index in [2.05, 4.69) is 31.2 Å². The minimum Gasteiger partial charge on any atom is -0.507 e. The Morgan fingerprint density at radius 1 is 1.30 bits per heavy atom. The number of halogens is 1. The summed E-state index contributed by atoms with van der Waals surface area (Å²) in [7, 11) is 0. The second-order valence-electron chi connectivity index (χ2n) is 4.95. The predicted octanol–water partition coefficient (Wildman–Crippen LogP) is 3.59. The van der Waals surface area contributed by atoms with E-state index in [1.807, 2.05) is 16.6 Å². The van der Waals surface area contributed by atoms with Gasteiger partial charge in [-0.3, -0.25) is 0 Å². The molecule has 3 aromatic rings. The number of phenols is 1. The van der Waals surface area contributed by atoms with Crippen molar-refractivity contribution in [2.75, 3.05) is 0 Å². The quantitative estimate of drug-likeness (QED) is 0.766. The molecule has 102 valence electrons. The van der Waals surface area contributed by atoms with Gasteiger partial charge in [0.25, 0.3) is 0 Å². The molecule has 7 heteroatoms. The van der Waals surface area contributed by atoms with E-state index in [1.54, 1.807) is 6.07 Å². The Morgan fingerprint density at radius 2 is 2.15 bits per heavy atom. The first-order chi connectivity index (χ1) is 9.72. The van der Waals surface area contributed by atoms with Crippen LogP contribution in [-0.4, -0.2) is 24.9 Å². The van der Waals surface area contributed by atoms with Crippen LogP contribution in [-0.2, 0) is 0 Å². The molecule has 0 atom stereocenters. The number of hydrogen-bond acceptors (Lipinski definition) is 5. The lowest BCUT2D eigenvalue weighted by atomic mass is 9.85. The van der Waals surface area contributed by atoms with E-state index < -0.39 is 0 Å². The average molecular weight is 351 g/mol. The minimum atomic E-state index is 0.215. The third-order valence-corrected chi connectivity index (χ3v) is 5.30. The zero-order chi connectivity index (χ0) is 13.7. The summed E-state index contributed by atoms with van der Waals surface area (Å²) in [6.07, 6.45) is 3.61. The van der Waals surface area contributed by atoms with E-state index in [0.29, 0.717) is 10.4 Å². The lowest BCUT2D eigenvalue weighted by molar-refractivity contribution is 0.395. The van der Waals surface area contributed by atoms with Crippen molar-refractivity contribution in [2.45, 2.75) is 25.2 Å². The van der Waals surface area contributed by atoms with E-state index in [4.69, 9.17) is 0 Å². The van der Waals surface area contributed by atoms with Crippen LogP contribution in [0.4, 0.5) is 0 Å². The minimum absolute atomic E-state index is 0.215. The van der Waals surface area contributed by atoms with Gasteiger partial charge in [0.05, 0.1) is 4.47 Å². The number of phenolic OH excluding ortho intramolecular Hbond substituents is 1. The van der Waals surface area contributed by atoms with Crippen molar-refractivity contribution in [1.82, 2.24) is 19.8 Å². The number of aromatic nitrogens is 4. The standard InChI is InChI=1S/C13H11BrN4OS/c14-9-5-4-8(6-10(9)19)12-17-18-11(7-2-1-3-7)15-16-13(18)20-12/h4-7,19H,1-3H2. The van der Waals surface area contributed by atoms with Gasteiger partial charge in [0, 0.05) is 11.5 Å². The molecule has 4 rings (SSSR count). The Bertz CT molecular complexity index is 793. The number of hydrogen-bond donors (Lipinski definition) is 1. The first-order valence-corrected chi connectivity index (χ1v) is 8.04. The van der Waals surface area contributed by atoms with Gasteiger partial charge >= 0.3 is 0 Å². The Labute approximate surface area is 127 Å². The molecule has 1 aromatic carbocycles. The molecule has 0 bridgehead atoms. The molecule has 1 fully saturated rings. The van der Waals surface area contributed by atoms with Gasteiger partial charge in [0.15, 0.2) is 5.82 Å². The summed E-state index contributed by atoms with van der Waals surface area (Å²) in [6.45, 7) is 0. The second-order valence-corrected chi connectivity index (χ2v) is 6.76. The third-order valence-electron chi connectivity index (χ3n) is 3.68. The van der Waals surface area contributed by atoms with Crippen molar-refractivity contribution in [3.05, 3.63) is 28.5 Å². The van der Waals surface area contributed by atoms with Gasteiger partial charge in [-0.15, -0.1) is 10.2 Å². The van der Waals surface area contributed by atoms with E-state index in [-0.39, 0.29) is 5.75 Å². The van der Waals surface area contributed by atoms with Crippen molar-refractivity contribution < 1.29 is 5.11 Å². The summed E-state index contributed by atoms with van der Waals surface area (Å²) in [5.74, 6) is 1.68. The van der Waals surface area contributed by atoms with Crippen LogP contribution >= 0.6 is 27.3 Å². The smallest absolute Gasteiger partial charge is 0.234 e. The first-order valence-electron chi connectivity index (χ1n) is 6.43. The Balaban J connectivity index is 1.80. The Kier molecular flexibility index (Phi) is 2.78. The van der Waals surface area contributed by atoms with Gasteiger partial charge in [-0.2, -0.15) is 9.61 Å².